The van der Waals surface area contributed by atoms with Crippen LogP contribution in [0.15, 0.2) is 42.5 Å². The van der Waals surface area contributed by atoms with Crippen LogP contribution in [0.3, 0.4) is 0 Å². The van der Waals surface area contributed by atoms with Crippen molar-refractivity contribution in [2.24, 2.45) is 0 Å². The Bertz CT molecular complexity index is 690. The van der Waals surface area contributed by atoms with Crippen LogP contribution in [-0.4, -0.2) is 19.6 Å². The molecule has 24 heavy (non-hydrogen) atoms. The highest BCUT2D eigenvalue weighted by Crippen LogP contribution is 2.15. The minimum Gasteiger partial charge on any atom is -0.497 e. The molecule has 2 rings (SSSR count). The van der Waals surface area contributed by atoms with E-state index in [1.165, 1.54) is 6.07 Å². The molecular formula is C18H20F2N2O2. The maximum absolute atomic E-state index is 13.2. The van der Waals surface area contributed by atoms with Crippen LogP contribution in [0, 0.1) is 11.6 Å². The summed E-state index contributed by atoms with van der Waals surface area (Å²) in [5.41, 5.74) is 1.54. The van der Waals surface area contributed by atoms with E-state index in [1.54, 1.807) is 14.0 Å². The molecule has 2 N–H and O–H groups in total. The highest BCUT2D eigenvalue weighted by molar-refractivity contribution is 5.78. The number of hydrogen-bond donors (Lipinski definition) is 2. The zero-order valence-electron chi connectivity index (χ0n) is 13.6. The maximum Gasteiger partial charge on any atom is 0.234 e. The van der Waals surface area contributed by atoms with Crippen LogP contribution in [0.1, 0.15) is 24.1 Å². The molecule has 0 heterocycles. The number of rotatable bonds is 7. The summed E-state index contributed by atoms with van der Waals surface area (Å²) in [7, 11) is 1.59. The molecule has 0 aliphatic rings. The SMILES string of the molecule is COc1ccc(CNC(=O)CN[C@H](C)c2ccc(F)c(F)c2)cc1. The lowest BCUT2D eigenvalue weighted by Crippen LogP contribution is -2.34. The van der Waals surface area contributed by atoms with Gasteiger partial charge in [0.2, 0.25) is 5.91 Å². The number of carbonyl (C=O) groups excluding carboxylic acids is 1. The minimum absolute atomic E-state index is 0.0797. The van der Waals surface area contributed by atoms with Gasteiger partial charge in [0.25, 0.3) is 0 Å². The van der Waals surface area contributed by atoms with Gasteiger partial charge in [-0.3, -0.25) is 4.79 Å². The Hall–Kier alpha value is -2.47. The number of halogens is 2. The molecule has 0 aliphatic carbocycles. The monoisotopic (exact) mass is 334 g/mol. The quantitative estimate of drug-likeness (QED) is 0.818. The van der Waals surface area contributed by atoms with E-state index in [9.17, 15) is 13.6 Å². The first-order valence-electron chi connectivity index (χ1n) is 7.57. The van der Waals surface area contributed by atoms with Gasteiger partial charge in [-0.15, -0.1) is 0 Å². The van der Waals surface area contributed by atoms with E-state index in [4.69, 9.17) is 4.74 Å². The van der Waals surface area contributed by atoms with Crippen LogP contribution in [0.25, 0.3) is 0 Å². The van der Waals surface area contributed by atoms with Gasteiger partial charge in [-0.25, -0.2) is 8.78 Å². The van der Waals surface area contributed by atoms with Gasteiger partial charge in [-0.2, -0.15) is 0 Å². The van der Waals surface area contributed by atoms with Gasteiger partial charge in [0.15, 0.2) is 11.6 Å². The van der Waals surface area contributed by atoms with Crippen molar-refractivity contribution in [3.63, 3.8) is 0 Å². The summed E-state index contributed by atoms with van der Waals surface area (Å²) >= 11 is 0. The molecule has 0 aliphatic heterocycles. The number of carbonyl (C=O) groups is 1. The molecule has 0 bridgehead atoms. The molecule has 0 saturated carbocycles. The van der Waals surface area contributed by atoms with Crippen molar-refractivity contribution in [2.45, 2.75) is 19.5 Å². The summed E-state index contributed by atoms with van der Waals surface area (Å²) in [5.74, 6) is -1.21. The third kappa shape index (κ3) is 5.03. The van der Waals surface area contributed by atoms with E-state index in [0.717, 1.165) is 23.4 Å². The fourth-order valence-electron chi connectivity index (χ4n) is 2.15. The average molecular weight is 334 g/mol. The predicted molar refractivity (Wildman–Crippen MR) is 87.6 cm³/mol. The molecular weight excluding hydrogens is 314 g/mol. The van der Waals surface area contributed by atoms with Gasteiger partial charge in [0.1, 0.15) is 5.75 Å². The van der Waals surface area contributed by atoms with Gasteiger partial charge >= 0.3 is 0 Å². The molecule has 0 aromatic heterocycles. The van der Waals surface area contributed by atoms with Crippen molar-refractivity contribution >= 4 is 5.91 Å². The molecule has 128 valence electrons. The van der Waals surface area contributed by atoms with Crippen molar-refractivity contribution in [1.29, 1.82) is 0 Å². The average Bonchev–Trinajstić information content (AvgIpc) is 2.60. The molecule has 0 saturated heterocycles. The first-order valence-corrected chi connectivity index (χ1v) is 7.57. The zero-order valence-corrected chi connectivity index (χ0v) is 13.6. The molecule has 1 atom stereocenters. The summed E-state index contributed by atoms with van der Waals surface area (Å²) in [5, 5.41) is 5.77. The topological polar surface area (TPSA) is 50.4 Å². The van der Waals surface area contributed by atoms with Gasteiger partial charge in [0.05, 0.1) is 13.7 Å². The molecule has 0 fully saturated rings. The normalized spacial score (nSPS) is 11.8. The summed E-state index contributed by atoms with van der Waals surface area (Å²) < 4.78 is 31.2. The number of benzene rings is 2. The minimum atomic E-state index is -0.898. The largest absolute Gasteiger partial charge is 0.497 e. The lowest BCUT2D eigenvalue weighted by Gasteiger charge is -2.14. The van der Waals surface area contributed by atoms with Gasteiger partial charge in [-0.05, 0) is 42.3 Å². The van der Waals surface area contributed by atoms with Gasteiger partial charge < -0.3 is 15.4 Å². The first-order chi connectivity index (χ1) is 11.5. The highest BCUT2D eigenvalue weighted by atomic mass is 19.2. The number of nitrogens with one attached hydrogen (secondary N) is 2. The Kier molecular flexibility index (Phi) is 6.26. The molecule has 1 amide bonds. The van der Waals surface area contributed by atoms with Crippen LogP contribution in [-0.2, 0) is 11.3 Å². The third-order valence-electron chi connectivity index (χ3n) is 3.66. The van der Waals surface area contributed by atoms with Gasteiger partial charge in [0, 0.05) is 12.6 Å². The zero-order chi connectivity index (χ0) is 17.5. The van der Waals surface area contributed by atoms with E-state index >= 15 is 0 Å². The first kappa shape index (κ1) is 17.9. The van der Waals surface area contributed by atoms with Crippen molar-refractivity contribution in [3.8, 4) is 5.75 Å². The second kappa shape index (κ2) is 8.40. The van der Waals surface area contributed by atoms with Crippen molar-refractivity contribution < 1.29 is 18.3 Å². The number of amides is 1. The van der Waals surface area contributed by atoms with Crippen molar-refractivity contribution in [1.82, 2.24) is 10.6 Å². The van der Waals surface area contributed by atoms with Crippen LogP contribution in [0.5, 0.6) is 5.75 Å². The van der Waals surface area contributed by atoms with E-state index in [2.05, 4.69) is 10.6 Å². The summed E-state index contributed by atoms with van der Waals surface area (Å²) in [6.07, 6.45) is 0. The van der Waals surface area contributed by atoms with Crippen LogP contribution < -0.4 is 15.4 Å². The number of ether oxygens (including phenoxy) is 1. The number of methoxy groups -OCH3 is 1. The molecule has 6 heteroatoms. The van der Waals surface area contributed by atoms with Crippen LogP contribution in [0.2, 0.25) is 0 Å². The van der Waals surface area contributed by atoms with E-state index in [1.807, 2.05) is 24.3 Å². The molecule has 0 radical (unpaired) electrons. The van der Waals surface area contributed by atoms with E-state index in [-0.39, 0.29) is 18.5 Å². The highest BCUT2D eigenvalue weighted by Gasteiger charge is 2.10. The summed E-state index contributed by atoms with van der Waals surface area (Å²) in [6.45, 7) is 2.27. The molecule has 2 aromatic rings. The maximum atomic E-state index is 13.2. The Morgan fingerprint density at radius 3 is 2.46 bits per heavy atom. The van der Waals surface area contributed by atoms with Crippen LogP contribution in [0.4, 0.5) is 8.78 Å². The predicted octanol–water partition coefficient (Wildman–Crippen LogP) is 2.94. The fourth-order valence-corrected chi connectivity index (χ4v) is 2.15. The van der Waals surface area contributed by atoms with Crippen molar-refractivity contribution in [3.05, 3.63) is 65.2 Å². The van der Waals surface area contributed by atoms with E-state index in [0.29, 0.717) is 12.1 Å². The molecule has 0 unspecified atom stereocenters. The Labute approximate surface area is 139 Å². The second-order valence-corrected chi connectivity index (χ2v) is 5.40. The smallest absolute Gasteiger partial charge is 0.234 e. The summed E-state index contributed by atoms with van der Waals surface area (Å²) in [4.78, 5) is 11.9. The lowest BCUT2D eigenvalue weighted by atomic mass is 10.1. The standard InChI is InChI=1S/C18H20F2N2O2/c1-12(14-5-8-16(19)17(20)9-14)21-11-18(23)22-10-13-3-6-15(24-2)7-4-13/h3-9,12,21H,10-11H2,1-2H3,(H,22,23)/t12-/m1/s1. The van der Waals surface area contributed by atoms with E-state index < -0.39 is 11.6 Å². The Balaban J connectivity index is 1.78. The second-order valence-electron chi connectivity index (χ2n) is 5.40. The summed E-state index contributed by atoms with van der Waals surface area (Å²) in [6, 6.07) is 10.8. The molecule has 0 spiro atoms. The Morgan fingerprint density at radius 1 is 1.12 bits per heavy atom. The van der Waals surface area contributed by atoms with Gasteiger partial charge in [-0.1, -0.05) is 18.2 Å². The third-order valence-corrected chi connectivity index (χ3v) is 3.66. The molecule has 4 nitrogen and oxygen atoms in total. The van der Waals surface area contributed by atoms with Crippen LogP contribution >= 0.6 is 0 Å². The lowest BCUT2D eigenvalue weighted by molar-refractivity contribution is -0.120. The Morgan fingerprint density at radius 2 is 1.83 bits per heavy atom. The molecule has 2 aromatic carbocycles. The van der Waals surface area contributed by atoms with Crippen molar-refractivity contribution in [2.75, 3.05) is 13.7 Å². The fraction of sp³-hybridized carbons (Fsp3) is 0.278. The number of hydrogen-bond acceptors (Lipinski definition) is 3.